The van der Waals surface area contributed by atoms with Crippen LogP contribution in [-0.4, -0.2) is 18.6 Å². The lowest BCUT2D eigenvalue weighted by Gasteiger charge is -2.14. The van der Waals surface area contributed by atoms with Gasteiger partial charge in [-0.15, -0.1) is 0 Å². The standard InChI is InChI=1S/C13H18BrNO2/c1-3-4-9-15-13(16)10(2)17-12-7-5-11(14)6-8-12/h5-8,10H,3-4,9H2,1-2H3,(H,15,16)/t10-/m0/s1. The molecule has 0 fully saturated rings. The van der Waals surface area contributed by atoms with E-state index < -0.39 is 6.10 Å². The van der Waals surface area contributed by atoms with Crippen molar-refractivity contribution in [1.82, 2.24) is 5.32 Å². The van der Waals surface area contributed by atoms with Gasteiger partial charge in [-0.05, 0) is 37.6 Å². The van der Waals surface area contributed by atoms with Crippen molar-refractivity contribution in [3.05, 3.63) is 28.7 Å². The highest BCUT2D eigenvalue weighted by atomic mass is 79.9. The van der Waals surface area contributed by atoms with Gasteiger partial charge < -0.3 is 10.1 Å². The fourth-order valence-corrected chi connectivity index (χ4v) is 1.57. The van der Waals surface area contributed by atoms with Crippen molar-refractivity contribution < 1.29 is 9.53 Å². The lowest BCUT2D eigenvalue weighted by atomic mass is 10.3. The van der Waals surface area contributed by atoms with Crippen LogP contribution in [0.2, 0.25) is 0 Å². The molecule has 4 heteroatoms. The summed E-state index contributed by atoms with van der Waals surface area (Å²) < 4.78 is 6.52. The van der Waals surface area contributed by atoms with Gasteiger partial charge in [0.15, 0.2) is 6.10 Å². The molecule has 1 aromatic rings. The number of carbonyl (C=O) groups is 1. The molecule has 3 nitrogen and oxygen atoms in total. The van der Waals surface area contributed by atoms with Crippen molar-refractivity contribution in [3.8, 4) is 5.75 Å². The van der Waals surface area contributed by atoms with E-state index in [2.05, 4.69) is 28.2 Å². The number of hydrogen-bond acceptors (Lipinski definition) is 2. The quantitative estimate of drug-likeness (QED) is 0.820. The molecule has 0 spiro atoms. The van der Waals surface area contributed by atoms with Crippen molar-refractivity contribution in [3.63, 3.8) is 0 Å². The van der Waals surface area contributed by atoms with Gasteiger partial charge in [-0.25, -0.2) is 0 Å². The molecule has 1 N–H and O–H groups in total. The van der Waals surface area contributed by atoms with Gasteiger partial charge in [0.25, 0.3) is 5.91 Å². The van der Waals surface area contributed by atoms with Crippen LogP contribution in [0.1, 0.15) is 26.7 Å². The fourth-order valence-electron chi connectivity index (χ4n) is 1.30. The van der Waals surface area contributed by atoms with Gasteiger partial charge in [-0.2, -0.15) is 0 Å². The SMILES string of the molecule is CCCCNC(=O)[C@H](C)Oc1ccc(Br)cc1. The average Bonchev–Trinajstić information content (AvgIpc) is 2.32. The molecule has 0 aliphatic heterocycles. The van der Waals surface area contributed by atoms with Crippen molar-refractivity contribution >= 4 is 21.8 Å². The van der Waals surface area contributed by atoms with Crippen LogP contribution >= 0.6 is 15.9 Å². The minimum Gasteiger partial charge on any atom is -0.481 e. The fraction of sp³-hybridized carbons (Fsp3) is 0.462. The minimum absolute atomic E-state index is 0.0682. The highest BCUT2D eigenvalue weighted by Crippen LogP contribution is 2.17. The van der Waals surface area contributed by atoms with Gasteiger partial charge in [0.05, 0.1) is 0 Å². The van der Waals surface area contributed by atoms with E-state index in [1.165, 1.54) is 0 Å². The van der Waals surface area contributed by atoms with Crippen molar-refractivity contribution in [2.45, 2.75) is 32.8 Å². The first-order chi connectivity index (χ1) is 8.13. The molecule has 0 radical (unpaired) electrons. The summed E-state index contributed by atoms with van der Waals surface area (Å²) in [5.74, 6) is 0.632. The first-order valence-corrected chi connectivity index (χ1v) is 6.62. The maximum atomic E-state index is 11.6. The molecular formula is C13H18BrNO2. The molecule has 0 aliphatic carbocycles. The van der Waals surface area contributed by atoms with Gasteiger partial charge in [0, 0.05) is 11.0 Å². The monoisotopic (exact) mass is 299 g/mol. The predicted molar refractivity (Wildman–Crippen MR) is 72.1 cm³/mol. The van der Waals surface area contributed by atoms with Crippen LogP contribution in [0.3, 0.4) is 0 Å². The molecular weight excluding hydrogens is 282 g/mol. The largest absolute Gasteiger partial charge is 0.481 e. The summed E-state index contributed by atoms with van der Waals surface area (Å²) in [6, 6.07) is 7.44. The topological polar surface area (TPSA) is 38.3 Å². The first kappa shape index (κ1) is 14.0. The Balaban J connectivity index is 2.40. The van der Waals surface area contributed by atoms with E-state index in [0.717, 1.165) is 17.3 Å². The molecule has 1 rings (SSSR count). The second-order valence-corrected chi connectivity index (χ2v) is 4.77. The number of amides is 1. The molecule has 0 bridgehead atoms. The molecule has 1 atom stereocenters. The van der Waals surface area contributed by atoms with E-state index >= 15 is 0 Å². The maximum Gasteiger partial charge on any atom is 0.260 e. The Bertz CT molecular complexity index is 351. The number of benzene rings is 1. The van der Waals surface area contributed by atoms with Crippen LogP contribution in [0.4, 0.5) is 0 Å². The van der Waals surface area contributed by atoms with Gasteiger partial charge in [-0.1, -0.05) is 29.3 Å². The third kappa shape index (κ3) is 5.22. The van der Waals surface area contributed by atoms with E-state index in [1.54, 1.807) is 6.92 Å². The third-order valence-corrected chi connectivity index (χ3v) is 2.85. The zero-order valence-corrected chi connectivity index (χ0v) is 11.8. The Morgan fingerprint density at radius 2 is 2.06 bits per heavy atom. The maximum absolute atomic E-state index is 11.6. The zero-order chi connectivity index (χ0) is 12.7. The predicted octanol–water partition coefficient (Wildman–Crippen LogP) is 3.13. The Labute approximate surface area is 111 Å². The summed E-state index contributed by atoms with van der Waals surface area (Å²) in [5.41, 5.74) is 0. The van der Waals surface area contributed by atoms with Crippen LogP contribution in [-0.2, 0) is 4.79 Å². The molecule has 0 heterocycles. The second-order valence-electron chi connectivity index (χ2n) is 3.86. The summed E-state index contributed by atoms with van der Waals surface area (Å²) in [6.45, 7) is 4.56. The van der Waals surface area contributed by atoms with Gasteiger partial charge >= 0.3 is 0 Å². The Morgan fingerprint density at radius 1 is 1.41 bits per heavy atom. The van der Waals surface area contributed by atoms with E-state index in [9.17, 15) is 4.79 Å². The van der Waals surface area contributed by atoms with E-state index in [0.29, 0.717) is 12.3 Å². The molecule has 17 heavy (non-hydrogen) atoms. The number of unbranched alkanes of at least 4 members (excludes halogenated alkanes) is 1. The van der Waals surface area contributed by atoms with E-state index in [4.69, 9.17) is 4.74 Å². The number of rotatable bonds is 6. The number of hydrogen-bond donors (Lipinski definition) is 1. The molecule has 94 valence electrons. The lowest BCUT2D eigenvalue weighted by Crippen LogP contribution is -2.36. The van der Waals surface area contributed by atoms with E-state index in [1.807, 2.05) is 24.3 Å². The molecule has 1 amide bonds. The van der Waals surface area contributed by atoms with Gasteiger partial charge in [-0.3, -0.25) is 4.79 Å². The molecule has 0 saturated heterocycles. The number of carbonyl (C=O) groups excluding carboxylic acids is 1. The Hall–Kier alpha value is -1.03. The normalized spacial score (nSPS) is 11.9. The van der Waals surface area contributed by atoms with Gasteiger partial charge in [0.1, 0.15) is 5.75 Å². The molecule has 1 aromatic carbocycles. The van der Waals surface area contributed by atoms with Crippen molar-refractivity contribution in [2.24, 2.45) is 0 Å². The Morgan fingerprint density at radius 3 is 2.65 bits per heavy atom. The number of ether oxygens (including phenoxy) is 1. The van der Waals surface area contributed by atoms with Crippen molar-refractivity contribution in [2.75, 3.05) is 6.54 Å². The minimum atomic E-state index is -0.465. The third-order valence-electron chi connectivity index (χ3n) is 2.33. The Kier molecular flexibility index (Phi) is 6.05. The number of halogens is 1. The zero-order valence-electron chi connectivity index (χ0n) is 10.2. The number of nitrogens with one attached hydrogen (secondary N) is 1. The van der Waals surface area contributed by atoms with Crippen molar-refractivity contribution in [1.29, 1.82) is 0 Å². The smallest absolute Gasteiger partial charge is 0.260 e. The summed E-state index contributed by atoms with van der Waals surface area (Å²) in [7, 11) is 0. The van der Waals surface area contributed by atoms with E-state index in [-0.39, 0.29) is 5.91 Å². The first-order valence-electron chi connectivity index (χ1n) is 5.83. The summed E-state index contributed by atoms with van der Waals surface area (Å²) in [5, 5.41) is 2.84. The van der Waals surface area contributed by atoms with Crippen LogP contribution < -0.4 is 10.1 Å². The highest BCUT2D eigenvalue weighted by molar-refractivity contribution is 9.10. The summed E-state index contributed by atoms with van der Waals surface area (Å²) in [4.78, 5) is 11.6. The van der Waals surface area contributed by atoms with Crippen LogP contribution in [0, 0.1) is 0 Å². The van der Waals surface area contributed by atoms with Crippen LogP contribution in [0.15, 0.2) is 28.7 Å². The summed E-state index contributed by atoms with van der Waals surface area (Å²) >= 11 is 3.35. The average molecular weight is 300 g/mol. The highest BCUT2D eigenvalue weighted by Gasteiger charge is 2.13. The molecule has 0 saturated carbocycles. The summed E-state index contributed by atoms with van der Waals surface area (Å²) in [6.07, 6.45) is 1.60. The molecule has 0 unspecified atom stereocenters. The molecule has 0 aromatic heterocycles. The van der Waals surface area contributed by atoms with Crippen LogP contribution in [0.5, 0.6) is 5.75 Å². The van der Waals surface area contributed by atoms with Crippen LogP contribution in [0.25, 0.3) is 0 Å². The van der Waals surface area contributed by atoms with Gasteiger partial charge in [0.2, 0.25) is 0 Å². The molecule has 0 aliphatic rings. The lowest BCUT2D eigenvalue weighted by molar-refractivity contribution is -0.127. The second kappa shape index (κ2) is 7.33.